The molecular weight excluding hydrogens is 172 g/mol. The van der Waals surface area contributed by atoms with E-state index in [1.54, 1.807) is 6.92 Å². The van der Waals surface area contributed by atoms with Gasteiger partial charge in [0.15, 0.2) is 0 Å². The van der Waals surface area contributed by atoms with Crippen LogP contribution < -0.4 is 11.1 Å². The highest BCUT2D eigenvalue weighted by Gasteiger charge is 2.23. The lowest BCUT2D eigenvalue weighted by Crippen LogP contribution is -2.51. The standard InChI is InChI=1S/C8H18N2O3/c1-8(5-11,6-12)10-7(13)3-2-4-9/h11-12H,2-6,9H2,1H3,(H,10,13). The van der Waals surface area contributed by atoms with E-state index in [0.29, 0.717) is 19.4 Å². The summed E-state index contributed by atoms with van der Waals surface area (Å²) in [5.41, 5.74) is 4.30. The zero-order valence-electron chi connectivity index (χ0n) is 7.92. The van der Waals surface area contributed by atoms with E-state index in [2.05, 4.69) is 5.32 Å². The summed E-state index contributed by atoms with van der Waals surface area (Å²) in [6.07, 6.45) is 0.935. The van der Waals surface area contributed by atoms with Crippen LogP contribution in [0.4, 0.5) is 0 Å². The van der Waals surface area contributed by atoms with Crippen LogP contribution >= 0.6 is 0 Å². The Kier molecular flexibility index (Phi) is 5.61. The highest BCUT2D eigenvalue weighted by Crippen LogP contribution is 2.01. The smallest absolute Gasteiger partial charge is 0.220 e. The van der Waals surface area contributed by atoms with Crippen LogP contribution in [0.15, 0.2) is 0 Å². The zero-order valence-corrected chi connectivity index (χ0v) is 7.92. The lowest BCUT2D eigenvalue weighted by Gasteiger charge is -2.26. The summed E-state index contributed by atoms with van der Waals surface area (Å²) in [4.78, 5) is 11.1. The predicted octanol–water partition coefficient (Wildman–Crippen LogP) is -1.42. The molecule has 1 amide bonds. The molecule has 0 rings (SSSR count). The van der Waals surface area contributed by atoms with Gasteiger partial charge in [0.2, 0.25) is 5.91 Å². The molecule has 0 aliphatic rings. The summed E-state index contributed by atoms with van der Waals surface area (Å²) >= 11 is 0. The second kappa shape index (κ2) is 5.90. The number of nitrogens with two attached hydrogens (primary N) is 1. The Balaban J connectivity index is 3.87. The van der Waals surface area contributed by atoms with Crippen molar-refractivity contribution < 1.29 is 15.0 Å². The van der Waals surface area contributed by atoms with Crippen LogP contribution in [0.3, 0.4) is 0 Å². The predicted molar refractivity (Wildman–Crippen MR) is 49.0 cm³/mol. The molecular formula is C8H18N2O3. The van der Waals surface area contributed by atoms with Crippen molar-refractivity contribution in [2.75, 3.05) is 19.8 Å². The van der Waals surface area contributed by atoms with Crippen LogP contribution in [-0.2, 0) is 4.79 Å². The van der Waals surface area contributed by atoms with E-state index in [1.165, 1.54) is 0 Å². The molecule has 0 saturated carbocycles. The number of hydrogen-bond donors (Lipinski definition) is 4. The van der Waals surface area contributed by atoms with Gasteiger partial charge in [0.05, 0.1) is 18.8 Å². The number of aliphatic hydroxyl groups is 2. The molecule has 0 aromatic rings. The van der Waals surface area contributed by atoms with Gasteiger partial charge in [-0.25, -0.2) is 0 Å². The Morgan fingerprint density at radius 1 is 1.46 bits per heavy atom. The molecule has 0 fully saturated rings. The first-order chi connectivity index (χ1) is 6.08. The van der Waals surface area contributed by atoms with Crippen LogP contribution in [-0.4, -0.2) is 41.4 Å². The molecule has 0 bridgehead atoms. The van der Waals surface area contributed by atoms with E-state index in [1.807, 2.05) is 0 Å². The summed E-state index contributed by atoms with van der Waals surface area (Å²) in [6, 6.07) is 0. The third-order valence-electron chi connectivity index (χ3n) is 1.75. The van der Waals surface area contributed by atoms with Gasteiger partial charge in [-0.05, 0) is 19.9 Å². The highest BCUT2D eigenvalue weighted by atomic mass is 16.3. The monoisotopic (exact) mass is 190 g/mol. The van der Waals surface area contributed by atoms with E-state index in [9.17, 15) is 4.79 Å². The molecule has 0 heterocycles. The quantitative estimate of drug-likeness (QED) is 0.413. The van der Waals surface area contributed by atoms with Crippen LogP contribution in [0.5, 0.6) is 0 Å². The van der Waals surface area contributed by atoms with Gasteiger partial charge in [0.25, 0.3) is 0 Å². The van der Waals surface area contributed by atoms with Crippen LogP contribution in [0.2, 0.25) is 0 Å². The topological polar surface area (TPSA) is 95.6 Å². The first-order valence-electron chi connectivity index (χ1n) is 4.31. The van der Waals surface area contributed by atoms with E-state index in [-0.39, 0.29) is 19.1 Å². The molecule has 0 atom stereocenters. The van der Waals surface area contributed by atoms with Crippen molar-refractivity contribution in [1.82, 2.24) is 5.32 Å². The summed E-state index contributed by atoms with van der Waals surface area (Å²) in [5.74, 6) is -0.198. The molecule has 5 N–H and O–H groups in total. The summed E-state index contributed by atoms with van der Waals surface area (Å²) < 4.78 is 0. The SMILES string of the molecule is CC(CO)(CO)NC(=O)CCCN. The minimum Gasteiger partial charge on any atom is -0.394 e. The fraction of sp³-hybridized carbons (Fsp3) is 0.875. The number of amides is 1. The fourth-order valence-corrected chi connectivity index (χ4v) is 0.791. The van der Waals surface area contributed by atoms with Gasteiger partial charge < -0.3 is 21.3 Å². The molecule has 0 aliphatic carbocycles. The normalized spacial score (nSPS) is 11.4. The van der Waals surface area contributed by atoms with Gasteiger partial charge in [-0.2, -0.15) is 0 Å². The Morgan fingerprint density at radius 3 is 2.38 bits per heavy atom. The lowest BCUT2D eigenvalue weighted by atomic mass is 10.1. The second-order valence-electron chi connectivity index (χ2n) is 3.32. The molecule has 0 unspecified atom stereocenters. The van der Waals surface area contributed by atoms with Gasteiger partial charge in [-0.1, -0.05) is 0 Å². The number of hydrogen-bond acceptors (Lipinski definition) is 4. The van der Waals surface area contributed by atoms with Crippen molar-refractivity contribution in [2.45, 2.75) is 25.3 Å². The molecule has 5 heteroatoms. The third kappa shape index (κ3) is 4.82. The average Bonchev–Trinajstić information content (AvgIpc) is 2.14. The molecule has 0 aliphatic heterocycles. The van der Waals surface area contributed by atoms with Gasteiger partial charge in [0.1, 0.15) is 0 Å². The maximum Gasteiger partial charge on any atom is 0.220 e. The van der Waals surface area contributed by atoms with Crippen molar-refractivity contribution in [3.63, 3.8) is 0 Å². The largest absolute Gasteiger partial charge is 0.394 e. The molecule has 0 spiro atoms. The number of rotatable bonds is 6. The van der Waals surface area contributed by atoms with Gasteiger partial charge in [-0.15, -0.1) is 0 Å². The first kappa shape index (κ1) is 12.3. The second-order valence-corrected chi connectivity index (χ2v) is 3.32. The van der Waals surface area contributed by atoms with E-state index >= 15 is 0 Å². The number of nitrogens with one attached hydrogen (secondary N) is 1. The summed E-state index contributed by atoms with van der Waals surface area (Å²) in [7, 11) is 0. The van der Waals surface area contributed by atoms with Crippen LogP contribution in [0, 0.1) is 0 Å². The van der Waals surface area contributed by atoms with Crippen molar-refractivity contribution in [3.05, 3.63) is 0 Å². The van der Waals surface area contributed by atoms with Crippen molar-refractivity contribution in [1.29, 1.82) is 0 Å². The highest BCUT2D eigenvalue weighted by molar-refractivity contribution is 5.76. The molecule has 78 valence electrons. The third-order valence-corrected chi connectivity index (χ3v) is 1.75. The molecule has 0 radical (unpaired) electrons. The van der Waals surface area contributed by atoms with Crippen LogP contribution in [0.1, 0.15) is 19.8 Å². The minimum absolute atomic E-state index is 0.198. The average molecular weight is 190 g/mol. The molecule has 13 heavy (non-hydrogen) atoms. The van der Waals surface area contributed by atoms with Gasteiger partial charge >= 0.3 is 0 Å². The maximum absolute atomic E-state index is 11.1. The number of carbonyl (C=O) groups excluding carboxylic acids is 1. The summed E-state index contributed by atoms with van der Waals surface area (Å²) in [6.45, 7) is 1.48. The first-order valence-corrected chi connectivity index (χ1v) is 4.31. The Labute approximate surface area is 77.9 Å². The molecule has 0 aromatic carbocycles. The Hall–Kier alpha value is -0.650. The Morgan fingerprint density at radius 2 is 2.00 bits per heavy atom. The molecule has 5 nitrogen and oxygen atoms in total. The molecule has 0 aromatic heterocycles. The Bertz CT molecular complexity index is 157. The zero-order chi connectivity index (χ0) is 10.3. The van der Waals surface area contributed by atoms with Crippen molar-refractivity contribution >= 4 is 5.91 Å². The number of carbonyl (C=O) groups is 1. The lowest BCUT2D eigenvalue weighted by molar-refractivity contribution is -0.124. The summed E-state index contributed by atoms with van der Waals surface area (Å²) in [5, 5.41) is 20.3. The maximum atomic E-state index is 11.1. The minimum atomic E-state index is -0.925. The van der Waals surface area contributed by atoms with Gasteiger partial charge in [-0.3, -0.25) is 4.79 Å². The van der Waals surface area contributed by atoms with Crippen molar-refractivity contribution in [3.8, 4) is 0 Å². The number of aliphatic hydroxyl groups excluding tert-OH is 2. The van der Waals surface area contributed by atoms with E-state index in [0.717, 1.165) is 0 Å². The van der Waals surface area contributed by atoms with Crippen LogP contribution in [0.25, 0.3) is 0 Å². The van der Waals surface area contributed by atoms with E-state index < -0.39 is 5.54 Å². The van der Waals surface area contributed by atoms with Gasteiger partial charge in [0, 0.05) is 6.42 Å². The van der Waals surface area contributed by atoms with E-state index in [4.69, 9.17) is 15.9 Å². The molecule has 0 saturated heterocycles. The van der Waals surface area contributed by atoms with Crippen molar-refractivity contribution in [2.24, 2.45) is 5.73 Å². The fourth-order valence-electron chi connectivity index (χ4n) is 0.791.